The topological polar surface area (TPSA) is 40.5 Å². The van der Waals surface area contributed by atoms with Gasteiger partial charge in [-0.15, -0.1) is 0 Å². The number of hydrogen-bond donors (Lipinski definition) is 2. The molecule has 2 nitrogen and oxygen atoms in total. The van der Waals surface area contributed by atoms with Gasteiger partial charge in [0.15, 0.2) is 0 Å². The molecule has 0 aromatic carbocycles. The van der Waals surface area contributed by atoms with Gasteiger partial charge in [0.1, 0.15) is 0 Å². The molecule has 0 radical (unpaired) electrons. The summed E-state index contributed by atoms with van der Waals surface area (Å²) in [5, 5.41) is 17.0. The summed E-state index contributed by atoms with van der Waals surface area (Å²) in [6.45, 7) is 6.10. The summed E-state index contributed by atoms with van der Waals surface area (Å²) in [4.78, 5) is 0. The molecule has 0 saturated carbocycles. The van der Waals surface area contributed by atoms with Gasteiger partial charge in [-0.2, -0.15) is 0 Å². The van der Waals surface area contributed by atoms with Gasteiger partial charge in [-0.25, -0.2) is 0 Å². The zero-order valence-electron chi connectivity index (χ0n) is 7.39. The minimum absolute atomic E-state index is 0.0658. The van der Waals surface area contributed by atoms with E-state index in [-0.39, 0.29) is 5.41 Å². The first kappa shape index (κ1) is 10.5. The Morgan fingerprint density at radius 3 is 2.00 bits per heavy atom. The van der Waals surface area contributed by atoms with Crippen molar-refractivity contribution in [3.05, 3.63) is 0 Å². The van der Waals surface area contributed by atoms with E-state index >= 15 is 0 Å². The average molecular weight is 156 g/mol. The van der Waals surface area contributed by atoms with E-state index in [2.05, 4.69) is 11.8 Å². The lowest BCUT2D eigenvalue weighted by Crippen LogP contribution is -2.11. The van der Waals surface area contributed by atoms with Crippen LogP contribution in [0, 0.1) is 17.3 Å². The Labute approximate surface area is 68.2 Å². The van der Waals surface area contributed by atoms with E-state index in [1.165, 1.54) is 0 Å². The summed E-state index contributed by atoms with van der Waals surface area (Å²) in [6, 6.07) is 0. The Morgan fingerprint density at radius 1 is 1.27 bits per heavy atom. The molecule has 0 heterocycles. The van der Waals surface area contributed by atoms with Crippen molar-refractivity contribution in [2.24, 2.45) is 5.41 Å². The van der Waals surface area contributed by atoms with Gasteiger partial charge in [-0.1, -0.05) is 19.8 Å². The van der Waals surface area contributed by atoms with Gasteiger partial charge in [0.05, 0.1) is 0 Å². The first-order valence-corrected chi connectivity index (χ1v) is 3.93. The van der Waals surface area contributed by atoms with Crippen LogP contribution in [0.2, 0.25) is 0 Å². The Kier molecular flexibility index (Phi) is 4.17. The van der Waals surface area contributed by atoms with Crippen LogP contribution in [0.25, 0.3) is 0 Å². The van der Waals surface area contributed by atoms with E-state index in [4.69, 9.17) is 10.2 Å². The molecule has 0 aliphatic heterocycles. The van der Waals surface area contributed by atoms with Crippen LogP contribution >= 0.6 is 0 Å². The second-order valence-electron chi connectivity index (χ2n) is 2.91. The number of rotatable bonds is 2. The van der Waals surface area contributed by atoms with Crippen LogP contribution in [-0.2, 0) is 0 Å². The first-order valence-electron chi connectivity index (χ1n) is 3.93. The fraction of sp³-hybridized carbons (Fsp3) is 0.778. The van der Waals surface area contributed by atoms with E-state index in [1.54, 1.807) is 0 Å². The molecule has 0 unspecified atom stereocenters. The molecule has 0 saturated heterocycles. The predicted octanol–water partition coefficient (Wildman–Crippen LogP) is 1.13. The van der Waals surface area contributed by atoms with Crippen LogP contribution in [0.15, 0.2) is 0 Å². The highest BCUT2D eigenvalue weighted by molar-refractivity contribution is 5.10. The minimum Gasteiger partial charge on any atom is -0.358 e. The molecule has 11 heavy (non-hydrogen) atoms. The lowest BCUT2D eigenvalue weighted by molar-refractivity contribution is 0.0105. The summed E-state index contributed by atoms with van der Waals surface area (Å²) in [6.07, 6.45) is 0.374. The SMILES string of the molecule is CCC(C)(C#CC(O)O)CC. The van der Waals surface area contributed by atoms with Gasteiger partial charge in [-0.3, -0.25) is 0 Å². The molecule has 0 bridgehead atoms. The molecule has 0 amide bonds. The van der Waals surface area contributed by atoms with E-state index < -0.39 is 6.29 Å². The van der Waals surface area contributed by atoms with Crippen LogP contribution in [0.1, 0.15) is 33.6 Å². The molecule has 0 aliphatic carbocycles. The maximum Gasteiger partial charge on any atom is 0.217 e. The van der Waals surface area contributed by atoms with Crippen molar-refractivity contribution in [3.63, 3.8) is 0 Å². The molecule has 0 spiro atoms. The fourth-order valence-corrected chi connectivity index (χ4v) is 0.666. The minimum atomic E-state index is -1.49. The van der Waals surface area contributed by atoms with Crippen LogP contribution in [-0.4, -0.2) is 16.5 Å². The lowest BCUT2D eigenvalue weighted by atomic mass is 9.86. The van der Waals surface area contributed by atoms with Crippen LogP contribution < -0.4 is 0 Å². The smallest absolute Gasteiger partial charge is 0.217 e. The maximum absolute atomic E-state index is 8.49. The number of aliphatic hydroxyl groups excluding tert-OH is 1. The average Bonchev–Trinajstić information content (AvgIpc) is 2.00. The summed E-state index contributed by atoms with van der Waals surface area (Å²) < 4.78 is 0. The third-order valence-electron chi connectivity index (χ3n) is 2.06. The standard InChI is InChI=1S/C9H16O2/c1-4-9(3,5-2)7-6-8(10)11/h8,10-11H,4-5H2,1-3H3. The van der Waals surface area contributed by atoms with Crippen molar-refractivity contribution < 1.29 is 10.2 Å². The van der Waals surface area contributed by atoms with Crippen LogP contribution in [0.3, 0.4) is 0 Å². The second kappa shape index (κ2) is 4.38. The number of aliphatic hydroxyl groups is 2. The normalized spacial score (nSPS) is 11.1. The molecular formula is C9H16O2. The van der Waals surface area contributed by atoms with Crippen LogP contribution in [0.5, 0.6) is 0 Å². The highest BCUT2D eigenvalue weighted by Gasteiger charge is 2.15. The fourth-order valence-electron chi connectivity index (χ4n) is 0.666. The quantitative estimate of drug-likeness (QED) is 0.464. The maximum atomic E-state index is 8.49. The molecule has 0 fully saturated rings. The third kappa shape index (κ3) is 4.02. The van der Waals surface area contributed by atoms with E-state index in [0.29, 0.717) is 0 Å². The Hall–Kier alpha value is -0.520. The van der Waals surface area contributed by atoms with Gasteiger partial charge in [-0.05, 0) is 25.7 Å². The van der Waals surface area contributed by atoms with Gasteiger partial charge < -0.3 is 10.2 Å². The summed E-state index contributed by atoms with van der Waals surface area (Å²) in [5.74, 6) is 5.19. The van der Waals surface area contributed by atoms with Crippen molar-refractivity contribution in [2.75, 3.05) is 0 Å². The third-order valence-corrected chi connectivity index (χ3v) is 2.06. The zero-order chi connectivity index (χ0) is 8.91. The lowest BCUT2D eigenvalue weighted by Gasteiger charge is -2.18. The molecule has 0 rings (SSSR count). The molecule has 2 N–H and O–H groups in total. The molecule has 0 aromatic heterocycles. The largest absolute Gasteiger partial charge is 0.358 e. The Balaban J connectivity index is 4.21. The molecule has 2 heteroatoms. The molecule has 0 aromatic rings. The Morgan fingerprint density at radius 2 is 1.73 bits per heavy atom. The summed E-state index contributed by atoms with van der Waals surface area (Å²) in [7, 11) is 0. The van der Waals surface area contributed by atoms with Gasteiger partial charge in [0.2, 0.25) is 6.29 Å². The van der Waals surface area contributed by atoms with Crippen molar-refractivity contribution in [3.8, 4) is 11.8 Å². The molecule has 0 atom stereocenters. The van der Waals surface area contributed by atoms with Crippen molar-refractivity contribution in [1.29, 1.82) is 0 Å². The van der Waals surface area contributed by atoms with Gasteiger partial charge in [0.25, 0.3) is 0 Å². The van der Waals surface area contributed by atoms with Gasteiger partial charge >= 0.3 is 0 Å². The van der Waals surface area contributed by atoms with Gasteiger partial charge in [0, 0.05) is 5.41 Å². The highest BCUT2D eigenvalue weighted by Crippen LogP contribution is 2.23. The highest BCUT2D eigenvalue weighted by atomic mass is 16.5. The zero-order valence-corrected chi connectivity index (χ0v) is 7.39. The predicted molar refractivity (Wildman–Crippen MR) is 44.7 cm³/mol. The van der Waals surface area contributed by atoms with Crippen molar-refractivity contribution >= 4 is 0 Å². The monoisotopic (exact) mass is 156 g/mol. The van der Waals surface area contributed by atoms with Crippen LogP contribution in [0.4, 0.5) is 0 Å². The molecule has 64 valence electrons. The summed E-state index contributed by atoms with van der Waals surface area (Å²) >= 11 is 0. The Bertz CT molecular complexity index is 158. The second-order valence-corrected chi connectivity index (χ2v) is 2.91. The molecule has 0 aliphatic rings. The number of hydrogen-bond acceptors (Lipinski definition) is 2. The van der Waals surface area contributed by atoms with E-state index in [1.807, 2.05) is 20.8 Å². The van der Waals surface area contributed by atoms with E-state index in [0.717, 1.165) is 12.8 Å². The molecular weight excluding hydrogens is 140 g/mol. The van der Waals surface area contributed by atoms with E-state index in [9.17, 15) is 0 Å². The summed E-state index contributed by atoms with van der Waals surface area (Å²) in [5.41, 5.74) is -0.0658. The van der Waals surface area contributed by atoms with Crippen molar-refractivity contribution in [1.82, 2.24) is 0 Å². The first-order chi connectivity index (χ1) is 5.04. The van der Waals surface area contributed by atoms with Crippen molar-refractivity contribution in [2.45, 2.75) is 39.9 Å².